The van der Waals surface area contributed by atoms with Gasteiger partial charge in [-0.2, -0.15) is 0 Å². The molecule has 4 heteroatoms. The summed E-state index contributed by atoms with van der Waals surface area (Å²) in [6.07, 6.45) is 0.781. The second kappa shape index (κ2) is 2.65. The molecule has 14 heavy (non-hydrogen) atoms. The number of anilines is 1. The van der Waals surface area contributed by atoms with Crippen molar-refractivity contribution in [2.24, 2.45) is 0 Å². The molecule has 1 heterocycles. The molecule has 1 aromatic rings. The normalized spacial score (nSPS) is 17.4. The van der Waals surface area contributed by atoms with Crippen molar-refractivity contribution in [3.05, 3.63) is 23.8 Å². The molecule has 0 radical (unpaired) electrons. The van der Waals surface area contributed by atoms with Gasteiger partial charge in [-0.05, 0) is 12.1 Å². The van der Waals surface area contributed by atoms with Crippen molar-refractivity contribution in [1.82, 2.24) is 4.48 Å². The highest BCUT2D eigenvalue weighted by Crippen LogP contribution is 2.35. The predicted octanol–water partition coefficient (Wildman–Crippen LogP) is 1.61. The largest absolute Gasteiger partial charge is 0.425 e. The third-order valence-electron chi connectivity index (χ3n) is 2.51. The van der Waals surface area contributed by atoms with E-state index in [1.165, 1.54) is 0 Å². The SMILES string of the molecule is C[N+]1(C)C(=O)Nc2ccc(C=O)cc21. The molecule has 1 N–H and O–H groups in total. The van der Waals surface area contributed by atoms with E-state index in [4.69, 9.17) is 0 Å². The molecule has 0 spiro atoms. The summed E-state index contributed by atoms with van der Waals surface area (Å²) in [5, 5.41) is 2.76. The molecule has 0 saturated heterocycles. The van der Waals surface area contributed by atoms with Crippen LogP contribution in [0.2, 0.25) is 0 Å². The van der Waals surface area contributed by atoms with Gasteiger partial charge in [0.1, 0.15) is 12.0 Å². The summed E-state index contributed by atoms with van der Waals surface area (Å²) >= 11 is 0. The number of fused-ring (bicyclic) bond motifs is 1. The van der Waals surface area contributed by atoms with Crippen molar-refractivity contribution in [3.63, 3.8) is 0 Å². The number of nitrogens with zero attached hydrogens (tertiary/aromatic N) is 1. The number of quaternary nitrogens is 1. The summed E-state index contributed by atoms with van der Waals surface area (Å²) in [7, 11) is 3.57. The molecular weight excluding hydrogens is 180 g/mol. The monoisotopic (exact) mass is 191 g/mol. The Kier molecular flexibility index (Phi) is 1.69. The van der Waals surface area contributed by atoms with Gasteiger partial charge in [0, 0.05) is 11.6 Å². The Labute approximate surface area is 81.7 Å². The summed E-state index contributed by atoms with van der Waals surface area (Å²) < 4.78 is 0.136. The fourth-order valence-corrected chi connectivity index (χ4v) is 1.55. The highest BCUT2D eigenvalue weighted by Gasteiger charge is 2.39. The average molecular weight is 191 g/mol. The molecule has 0 aromatic heterocycles. The number of rotatable bonds is 1. The Balaban J connectivity index is 2.62. The summed E-state index contributed by atoms with van der Waals surface area (Å²) in [6, 6.07) is 5.10. The first-order chi connectivity index (χ1) is 6.55. The number of hydrogen-bond donors (Lipinski definition) is 1. The zero-order chi connectivity index (χ0) is 10.3. The van der Waals surface area contributed by atoms with E-state index in [1.54, 1.807) is 32.3 Å². The van der Waals surface area contributed by atoms with Crippen LogP contribution in [0.25, 0.3) is 0 Å². The number of amides is 2. The second-order valence-electron chi connectivity index (χ2n) is 3.78. The van der Waals surface area contributed by atoms with Gasteiger partial charge in [-0.3, -0.25) is 10.1 Å². The highest BCUT2D eigenvalue weighted by atomic mass is 16.2. The molecule has 4 nitrogen and oxygen atoms in total. The van der Waals surface area contributed by atoms with E-state index in [2.05, 4.69) is 5.32 Å². The highest BCUT2D eigenvalue weighted by molar-refractivity contribution is 6.07. The molecule has 72 valence electrons. The van der Waals surface area contributed by atoms with Gasteiger partial charge < -0.3 is 0 Å². The maximum Gasteiger partial charge on any atom is 0.425 e. The first kappa shape index (κ1) is 8.90. The summed E-state index contributed by atoms with van der Waals surface area (Å²) in [5.74, 6) is 0. The van der Waals surface area contributed by atoms with Crippen LogP contribution in [0, 0.1) is 0 Å². The van der Waals surface area contributed by atoms with E-state index in [0.29, 0.717) is 5.56 Å². The standard InChI is InChI=1S/C10H10N2O2/c1-12(2)9-5-7(6-13)3-4-8(9)11-10(12)14/h3-6H,1-2H3/p+1. The lowest BCUT2D eigenvalue weighted by Gasteiger charge is -2.18. The fraction of sp³-hybridized carbons (Fsp3) is 0.200. The lowest BCUT2D eigenvalue weighted by Crippen LogP contribution is -2.44. The van der Waals surface area contributed by atoms with Crippen LogP contribution >= 0.6 is 0 Å². The third-order valence-corrected chi connectivity index (χ3v) is 2.51. The van der Waals surface area contributed by atoms with Crippen LogP contribution in [0.15, 0.2) is 18.2 Å². The maximum absolute atomic E-state index is 11.5. The molecule has 2 amide bonds. The number of aldehydes is 1. The Hall–Kier alpha value is -1.68. The van der Waals surface area contributed by atoms with Gasteiger partial charge in [-0.1, -0.05) is 0 Å². The maximum atomic E-state index is 11.5. The van der Waals surface area contributed by atoms with Crippen LogP contribution in [0.1, 0.15) is 10.4 Å². The zero-order valence-electron chi connectivity index (χ0n) is 8.07. The van der Waals surface area contributed by atoms with Crippen molar-refractivity contribution in [1.29, 1.82) is 0 Å². The van der Waals surface area contributed by atoms with Gasteiger partial charge in [0.25, 0.3) is 0 Å². The Bertz CT molecular complexity index is 424. The lowest BCUT2D eigenvalue weighted by atomic mass is 10.2. The Morgan fingerprint density at radius 3 is 2.71 bits per heavy atom. The Morgan fingerprint density at radius 1 is 1.36 bits per heavy atom. The zero-order valence-corrected chi connectivity index (χ0v) is 8.07. The van der Waals surface area contributed by atoms with Crippen LogP contribution in [0.4, 0.5) is 16.2 Å². The van der Waals surface area contributed by atoms with Crippen LogP contribution in [0.3, 0.4) is 0 Å². The van der Waals surface area contributed by atoms with Crippen molar-refractivity contribution in [3.8, 4) is 0 Å². The number of nitrogens with one attached hydrogen (secondary N) is 1. The minimum absolute atomic E-state index is 0.0805. The van der Waals surface area contributed by atoms with Gasteiger partial charge in [0.05, 0.1) is 14.1 Å². The molecule has 0 unspecified atom stereocenters. The van der Waals surface area contributed by atoms with E-state index in [-0.39, 0.29) is 10.5 Å². The van der Waals surface area contributed by atoms with E-state index in [0.717, 1.165) is 17.7 Å². The lowest BCUT2D eigenvalue weighted by molar-refractivity contribution is 0.112. The third kappa shape index (κ3) is 1.04. The van der Waals surface area contributed by atoms with Crippen molar-refractivity contribution < 1.29 is 9.59 Å². The van der Waals surface area contributed by atoms with E-state index in [9.17, 15) is 9.59 Å². The molecule has 2 rings (SSSR count). The van der Waals surface area contributed by atoms with Crippen LogP contribution < -0.4 is 9.80 Å². The molecular formula is C10H11N2O2+. The minimum Gasteiger partial charge on any atom is -0.298 e. The van der Waals surface area contributed by atoms with Gasteiger partial charge in [0.2, 0.25) is 0 Å². The first-order valence-corrected chi connectivity index (χ1v) is 4.31. The van der Waals surface area contributed by atoms with Crippen LogP contribution in [-0.4, -0.2) is 26.4 Å². The molecule has 1 aliphatic heterocycles. The van der Waals surface area contributed by atoms with Gasteiger partial charge >= 0.3 is 6.03 Å². The fourth-order valence-electron chi connectivity index (χ4n) is 1.55. The van der Waals surface area contributed by atoms with E-state index in [1.807, 2.05) is 0 Å². The molecule has 0 saturated carbocycles. The van der Waals surface area contributed by atoms with Crippen molar-refractivity contribution in [2.75, 3.05) is 19.4 Å². The average Bonchev–Trinajstić information content (AvgIpc) is 2.38. The van der Waals surface area contributed by atoms with Gasteiger partial charge in [0.15, 0.2) is 5.69 Å². The second-order valence-corrected chi connectivity index (χ2v) is 3.78. The summed E-state index contributed by atoms with van der Waals surface area (Å²) in [5.41, 5.74) is 2.21. The quantitative estimate of drug-likeness (QED) is 0.541. The van der Waals surface area contributed by atoms with Gasteiger partial charge in [-0.25, -0.2) is 9.28 Å². The molecule has 0 bridgehead atoms. The van der Waals surface area contributed by atoms with E-state index >= 15 is 0 Å². The van der Waals surface area contributed by atoms with Crippen LogP contribution in [-0.2, 0) is 0 Å². The molecule has 0 atom stereocenters. The molecule has 1 aromatic carbocycles. The topological polar surface area (TPSA) is 46.2 Å². The predicted molar refractivity (Wildman–Crippen MR) is 54.5 cm³/mol. The minimum atomic E-state index is -0.0805. The Morgan fingerprint density at radius 2 is 2.07 bits per heavy atom. The van der Waals surface area contributed by atoms with Crippen molar-refractivity contribution in [2.45, 2.75) is 0 Å². The number of hydrogen-bond acceptors (Lipinski definition) is 2. The van der Waals surface area contributed by atoms with Gasteiger partial charge in [-0.15, -0.1) is 0 Å². The van der Waals surface area contributed by atoms with Crippen molar-refractivity contribution >= 4 is 23.7 Å². The van der Waals surface area contributed by atoms with Crippen LogP contribution in [0.5, 0.6) is 0 Å². The molecule has 0 aliphatic carbocycles. The number of carbonyl (C=O) groups is 2. The summed E-state index contributed by atoms with van der Waals surface area (Å²) in [4.78, 5) is 22.1. The smallest absolute Gasteiger partial charge is 0.298 e. The number of benzene rings is 1. The first-order valence-electron chi connectivity index (χ1n) is 4.31. The summed E-state index contributed by atoms with van der Waals surface area (Å²) in [6.45, 7) is 0. The number of urea groups is 1. The number of carbonyl (C=O) groups excluding carboxylic acids is 2. The molecule has 0 fully saturated rings. The molecule has 1 aliphatic rings. The van der Waals surface area contributed by atoms with E-state index < -0.39 is 0 Å².